The number of nitrogens with one attached hydrogen (secondary N) is 1. The molecule has 2 aromatic rings. The monoisotopic (exact) mass is 255 g/mol. The van der Waals surface area contributed by atoms with Crippen LogP contribution in [0.2, 0.25) is 0 Å². The molecule has 0 saturated carbocycles. The Bertz CT molecular complexity index is 541. The summed E-state index contributed by atoms with van der Waals surface area (Å²) in [5.41, 5.74) is 3.19. The van der Waals surface area contributed by atoms with Crippen LogP contribution in [0.15, 0.2) is 60.0 Å². The van der Waals surface area contributed by atoms with Gasteiger partial charge in [0, 0.05) is 18.0 Å². The van der Waals surface area contributed by atoms with E-state index in [1.54, 1.807) is 30.6 Å². The van der Waals surface area contributed by atoms with Crippen LogP contribution in [0.5, 0.6) is 5.75 Å². The molecule has 1 aromatic carbocycles. The van der Waals surface area contributed by atoms with E-state index in [1.165, 1.54) is 6.21 Å². The lowest BCUT2D eigenvalue weighted by molar-refractivity contribution is -0.123. The molecule has 0 radical (unpaired) electrons. The van der Waals surface area contributed by atoms with Crippen molar-refractivity contribution >= 4 is 12.1 Å². The number of nitrogens with zero attached hydrogens (tertiary/aromatic N) is 2. The summed E-state index contributed by atoms with van der Waals surface area (Å²) in [6.07, 6.45) is 4.84. The summed E-state index contributed by atoms with van der Waals surface area (Å²) >= 11 is 0. The number of aromatic nitrogens is 1. The average Bonchev–Trinajstić information content (AvgIpc) is 2.47. The highest BCUT2D eigenvalue weighted by Crippen LogP contribution is 2.07. The zero-order valence-corrected chi connectivity index (χ0v) is 10.2. The van der Waals surface area contributed by atoms with E-state index < -0.39 is 0 Å². The maximum absolute atomic E-state index is 11.4. The Kier molecular flexibility index (Phi) is 4.64. The molecule has 2 rings (SSSR count). The van der Waals surface area contributed by atoms with Crippen molar-refractivity contribution in [2.45, 2.75) is 0 Å². The molecule has 5 heteroatoms. The molecular formula is C14H13N3O2. The summed E-state index contributed by atoms with van der Waals surface area (Å²) in [7, 11) is 0. The van der Waals surface area contributed by atoms with Gasteiger partial charge in [0.15, 0.2) is 6.61 Å². The largest absolute Gasteiger partial charge is 0.484 e. The third-order valence-corrected chi connectivity index (χ3v) is 2.20. The lowest BCUT2D eigenvalue weighted by Crippen LogP contribution is -2.24. The standard InChI is InChI=1S/C14H13N3O2/c18-14(11-19-13-6-2-1-3-7-13)17-16-10-12-5-4-8-15-9-12/h1-10H,11H2,(H,17,18)/b16-10-. The first kappa shape index (κ1) is 12.8. The van der Waals surface area contributed by atoms with Crippen LogP contribution in [-0.2, 0) is 4.79 Å². The third kappa shape index (κ3) is 4.59. The fourth-order valence-electron chi connectivity index (χ4n) is 1.33. The highest BCUT2D eigenvalue weighted by Gasteiger charge is 2.00. The Morgan fingerprint density at radius 2 is 2.11 bits per heavy atom. The lowest BCUT2D eigenvalue weighted by Gasteiger charge is -2.03. The molecule has 0 saturated heterocycles. The number of para-hydroxylation sites is 1. The molecule has 0 aliphatic rings. The van der Waals surface area contributed by atoms with Crippen molar-refractivity contribution in [3.8, 4) is 5.75 Å². The van der Waals surface area contributed by atoms with Gasteiger partial charge in [0.25, 0.3) is 5.91 Å². The van der Waals surface area contributed by atoms with Crippen LogP contribution >= 0.6 is 0 Å². The molecule has 0 bridgehead atoms. The van der Waals surface area contributed by atoms with Crippen LogP contribution in [0.1, 0.15) is 5.56 Å². The van der Waals surface area contributed by atoms with E-state index in [-0.39, 0.29) is 12.5 Å². The second-order valence-electron chi connectivity index (χ2n) is 3.68. The van der Waals surface area contributed by atoms with Crippen LogP contribution in [0, 0.1) is 0 Å². The topological polar surface area (TPSA) is 63.6 Å². The van der Waals surface area contributed by atoms with E-state index in [1.807, 2.05) is 24.3 Å². The summed E-state index contributed by atoms with van der Waals surface area (Å²) in [6, 6.07) is 12.8. The fourth-order valence-corrected chi connectivity index (χ4v) is 1.33. The molecule has 0 aliphatic heterocycles. The summed E-state index contributed by atoms with van der Waals surface area (Å²) in [5, 5.41) is 3.81. The van der Waals surface area contributed by atoms with E-state index in [2.05, 4.69) is 15.5 Å². The van der Waals surface area contributed by atoms with Gasteiger partial charge in [-0.2, -0.15) is 5.10 Å². The minimum Gasteiger partial charge on any atom is -0.484 e. The smallest absolute Gasteiger partial charge is 0.277 e. The maximum Gasteiger partial charge on any atom is 0.277 e. The van der Waals surface area contributed by atoms with Gasteiger partial charge in [0.1, 0.15) is 5.75 Å². The molecule has 5 nitrogen and oxygen atoms in total. The molecular weight excluding hydrogens is 242 g/mol. The molecule has 0 spiro atoms. The molecule has 1 N–H and O–H groups in total. The van der Waals surface area contributed by atoms with Crippen molar-refractivity contribution in [2.75, 3.05) is 6.61 Å². The number of carbonyl (C=O) groups is 1. The Hall–Kier alpha value is -2.69. The number of benzene rings is 1. The molecule has 96 valence electrons. The van der Waals surface area contributed by atoms with Crippen molar-refractivity contribution in [3.05, 3.63) is 60.4 Å². The predicted octanol–water partition coefficient (Wildman–Crippen LogP) is 1.61. The lowest BCUT2D eigenvalue weighted by atomic mass is 10.3. The van der Waals surface area contributed by atoms with Crippen molar-refractivity contribution in [1.29, 1.82) is 0 Å². The van der Waals surface area contributed by atoms with E-state index in [0.29, 0.717) is 5.75 Å². The van der Waals surface area contributed by atoms with Crippen molar-refractivity contribution in [2.24, 2.45) is 5.10 Å². The maximum atomic E-state index is 11.4. The van der Waals surface area contributed by atoms with E-state index >= 15 is 0 Å². The highest BCUT2D eigenvalue weighted by molar-refractivity contribution is 5.82. The zero-order chi connectivity index (χ0) is 13.3. The average molecular weight is 255 g/mol. The first-order chi connectivity index (χ1) is 9.34. The molecule has 0 atom stereocenters. The molecule has 1 aromatic heterocycles. The van der Waals surface area contributed by atoms with Crippen LogP contribution < -0.4 is 10.2 Å². The van der Waals surface area contributed by atoms with Gasteiger partial charge in [0.05, 0.1) is 6.21 Å². The van der Waals surface area contributed by atoms with Gasteiger partial charge in [-0.3, -0.25) is 9.78 Å². The molecule has 1 amide bonds. The van der Waals surface area contributed by atoms with Gasteiger partial charge in [-0.25, -0.2) is 5.43 Å². The number of ether oxygens (including phenoxy) is 1. The summed E-state index contributed by atoms with van der Waals surface area (Å²) in [5.74, 6) is 0.331. The summed E-state index contributed by atoms with van der Waals surface area (Å²) in [6.45, 7) is -0.0750. The van der Waals surface area contributed by atoms with E-state index in [9.17, 15) is 4.79 Å². The number of amides is 1. The number of hydrazone groups is 1. The molecule has 0 unspecified atom stereocenters. The highest BCUT2D eigenvalue weighted by atomic mass is 16.5. The van der Waals surface area contributed by atoms with Crippen molar-refractivity contribution in [3.63, 3.8) is 0 Å². The zero-order valence-electron chi connectivity index (χ0n) is 10.2. The number of pyridine rings is 1. The Morgan fingerprint density at radius 1 is 1.26 bits per heavy atom. The molecule has 19 heavy (non-hydrogen) atoms. The quantitative estimate of drug-likeness (QED) is 0.652. The van der Waals surface area contributed by atoms with Crippen molar-refractivity contribution in [1.82, 2.24) is 10.4 Å². The first-order valence-electron chi connectivity index (χ1n) is 5.74. The van der Waals surface area contributed by atoms with E-state index in [4.69, 9.17) is 4.74 Å². The van der Waals surface area contributed by atoms with E-state index in [0.717, 1.165) is 5.56 Å². The molecule has 1 heterocycles. The minimum atomic E-state index is -0.316. The van der Waals surface area contributed by atoms with Gasteiger partial charge in [0.2, 0.25) is 0 Å². The Morgan fingerprint density at radius 3 is 2.84 bits per heavy atom. The first-order valence-corrected chi connectivity index (χ1v) is 5.74. The predicted molar refractivity (Wildman–Crippen MR) is 71.9 cm³/mol. The van der Waals surface area contributed by atoms with Gasteiger partial charge >= 0.3 is 0 Å². The number of carbonyl (C=O) groups excluding carboxylic acids is 1. The summed E-state index contributed by atoms with van der Waals surface area (Å²) < 4.78 is 5.27. The van der Waals surface area contributed by atoms with Gasteiger partial charge in [-0.1, -0.05) is 24.3 Å². The van der Waals surface area contributed by atoms with Crippen LogP contribution in [0.25, 0.3) is 0 Å². The van der Waals surface area contributed by atoms with Crippen LogP contribution in [0.4, 0.5) is 0 Å². The number of hydrogen-bond acceptors (Lipinski definition) is 4. The summed E-state index contributed by atoms with van der Waals surface area (Å²) in [4.78, 5) is 15.4. The second kappa shape index (κ2) is 6.90. The molecule has 0 aliphatic carbocycles. The van der Waals surface area contributed by atoms with Gasteiger partial charge in [-0.05, 0) is 18.2 Å². The molecule has 0 fully saturated rings. The third-order valence-electron chi connectivity index (χ3n) is 2.20. The van der Waals surface area contributed by atoms with Gasteiger partial charge < -0.3 is 4.74 Å². The SMILES string of the molecule is O=C(COc1ccccc1)N/N=C\c1cccnc1. The minimum absolute atomic E-state index is 0.0750. The Labute approximate surface area is 110 Å². The normalized spacial score (nSPS) is 10.3. The Balaban J connectivity index is 1.75. The van der Waals surface area contributed by atoms with Crippen LogP contribution in [0.3, 0.4) is 0 Å². The number of rotatable bonds is 5. The second-order valence-corrected chi connectivity index (χ2v) is 3.68. The van der Waals surface area contributed by atoms with Gasteiger partial charge in [-0.15, -0.1) is 0 Å². The fraction of sp³-hybridized carbons (Fsp3) is 0.0714. The number of hydrogen-bond donors (Lipinski definition) is 1. The van der Waals surface area contributed by atoms with Crippen LogP contribution in [-0.4, -0.2) is 23.7 Å². The van der Waals surface area contributed by atoms with Crippen molar-refractivity contribution < 1.29 is 9.53 Å².